The first-order valence-corrected chi connectivity index (χ1v) is 0.548. The van der Waals surface area contributed by atoms with E-state index in [1.54, 1.807) is 0 Å². The molecule has 0 aliphatic rings. The summed E-state index contributed by atoms with van der Waals surface area (Å²) in [5.41, 5.74) is 0. The topological polar surface area (TPSA) is 94.7 Å². The zero-order chi connectivity index (χ0) is 3.58. The maximum Gasteiger partial charge on any atom is 3.00 e. The molecular weight excluding hydrogens is 134 g/mol. The van der Waals surface area contributed by atoms with Crippen molar-refractivity contribution in [2.45, 2.75) is 0 Å². The van der Waals surface area contributed by atoms with E-state index < -0.39 is 5.09 Å². The molecule has 1 radical (unpaired) electrons. The Morgan fingerprint density at radius 3 is 1.33 bits per heavy atom. The Balaban J connectivity index is -0.0000000450. The van der Waals surface area contributed by atoms with E-state index in [0.717, 1.165) is 0 Å². The summed E-state index contributed by atoms with van der Waals surface area (Å²) in [6, 6.07) is 0. The van der Waals surface area contributed by atoms with Crippen LogP contribution in [0.3, 0.4) is 0 Å². The van der Waals surface area contributed by atoms with Gasteiger partial charge in [-0.25, -0.2) is 0 Å². The van der Waals surface area contributed by atoms with Crippen molar-refractivity contribution in [3.63, 3.8) is 0 Å². The monoisotopic (exact) mass is 134 g/mol. The van der Waals surface area contributed by atoms with Crippen LogP contribution >= 0.6 is 0 Å². The van der Waals surface area contributed by atoms with E-state index >= 15 is 0 Å². The molecule has 0 spiro atoms. The van der Waals surface area contributed by atoms with Crippen molar-refractivity contribution in [3.8, 4) is 0 Å². The SMILES string of the molecule is O=[N+]([O-])[O-].[Fe+3].[O-2]. The molecule has 0 saturated heterocycles. The molecule has 0 heterocycles. The molecule has 0 saturated carbocycles. The Kier molecular flexibility index (Phi) is 25.5. The summed E-state index contributed by atoms with van der Waals surface area (Å²) in [4.78, 5) is 8.25. The van der Waals surface area contributed by atoms with Crippen molar-refractivity contribution in [1.29, 1.82) is 0 Å². The molecule has 0 N–H and O–H groups in total. The third-order valence-corrected chi connectivity index (χ3v) is 0. The largest absolute Gasteiger partial charge is 3.00 e. The van der Waals surface area contributed by atoms with Gasteiger partial charge in [-0.05, 0) is 0 Å². The predicted octanol–water partition coefficient (Wildman–Crippen LogP) is -0.360. The predicted molar refractivity (Wildman–Crippen MR) is 11.0 cm³/mol. The molecule has 0 atom stereocenters. The summed E-state index contributed by atoms with van der Waals surface area (Å²) >= 11 is 0. The summed E-state index contributed by atoms with van der Waals surface area (Å²) in [7, 11) is 0. The molecule has 0 unspecified atom stereocenters. The van der Waals surface area contributed by atoms with Crippen LogP contribution in [-0.2, 0) is 22.5 Å². The van der Waals surface area contributed by atoms with Crippen LogP contribution in [0.15, 0.2) is 0 Å². The second-order valence-electron chi connectivity index (χ2n) is 0.224. The van der Waals surface area contributed by atoms with Crippen LogP contribution in [0.2, 0.25) is 0 Å². The van der Waals surface area contributed by atoms with E-state index in [2.05, 4.69) is 0 Å². The van der Waals surface area contributed by atoms with Crippen LogP contribution in [-0.4, -0.2) is 5.09 Å². The van der Waals surface area contributed by atoms with Gasteiger partial charge in [0.25, 0.3) is 0 Å². The van der Waals surface area contributed by atoms with Gasteiger partial charge in [-0.15, -0.1) is 0 Å². The third-order valence-electron chi connectivity index (χ3n) is 0. The van der Waals surface area contributed by atoms with Crippen molar-refractivity contribution in [1.82, 2.24) is 0 Å². The third kappa shape index (κ3) is 257. The summed E-state index contributed by atoms with van der Waals surface area (Å²) in [6.07, 6.45) is 0. The van der Waals surface area contributed by atoms with Crippen LogP contribution in [0, 0.1) is 15.3 Å². The van der Waals surface area contributed by atoms with Crippen LogP contribution < -0.4 is 0 Å². The van der Waals surface area contributed by atoms with E-state index in [9.17, 15) is 0 Å². The summed E-state index contributed by atoms with van der Waals surface area (Å²) in [5.74, 6) is 0. The molecule has 0 fully saturated rings. The number of hydrogen-bond acceptors (Lipinski definition) is 3. The first-order valence-electron chi connectivity index (χ1n) is 0.548. The molecule has 37 valence electrons. The van der Waals surface area contributed by atoms with Gasteiger partial charge in [0.05, 0.1) is 5.09 Å². The fourth-order valence-corrected chi connectivity index (χ4v) is 0. The zero-order valence-corrected chi connectivity index (χ0v) is 3.54. The molecule has 0 aliphatic carbocycles. The molecule has 0 aromatic rings. The van der Waals surface area contributed by atoms with Gasteiger partial charge < -0.3 is 20.8 Å². The van der Waals surface area contributed by atoms with Gasteiger partial charge >= 0.3 is 17.1 Å². The smallest absolute Gasteiger partial charge is 2.00 e. The number of hydrogen-bond donors (Lipinski definition) is 0. The summed E-state index contributed by atoms with van der Waals surface area (Å²) in [6.45, 7) is 0. The molecule has 0 bridgehead atoms. The zero-order valence-electron chi connectivity index (χ0n) is 2.43. The van der Waals surface area contributed by atoms with E-state index in [1.807, 2.05) is 0 Å². The van der Waals surface area contributed by atoms with Crippen molar-refractivity contribution >= 4 is 0 Å². The quantitative estimate of drug-likeness (QED) is 0.257. The van der Waals surface area contributed by atoms with Gasteiger partial charge in [-0.2, -0.15) is 0 Å². The van der Waals surface area contributed by atoms with Gasteiger partial charge in [0.2, 0.25) is 0 Å². The minimum atomic E-state index is -1.75. The molecule has 0 aromatic heterocycles. The number of rotatable bonds is 0. The van der Waals surface area contributed by atoms with Crippen molar-refractivity contribution in [3.05, 3.63) is 15.3 Å². The first-order chi connectivity index (χ1) is 1.73. The van der Waals surface area contributed by atoms with Gasteiger partial charge in [-0.1, -0.05) is 0 Å². The van der Waals surface area contributed by atoms with Crippen LogP contribution in [0.4, 0.5) is 0 Å². The van der Waals surface area contributed by atoms with Crippen LogP contribution in [0.5, 0.6) is 0 Å². The maximum atomic E-state index is 8.25. The van der Waals surface area contributed by atoms with E-state index in [4.69, 9.17) is 15.3 Å². The molecule has 5 nitrogen and oxygen atoms in total. The Morgan fingerprint density at radius 1 is 1.33 bits per heavy atom. The van der Waals surface area contributed by atoms with Crippen LogP contribution in [0.1, 0.15) is 0 Å². The minimum absolute atomic E-state index is 0. The Hall–Kier alpha value is -0.321. The standard InChI is InChI=1S/Fe.NO3.O/c;2-1(3)4;/q+3;-1;-2. The van der Waals surface area contributed by atoms with Gasteiger partial charge in [0.1, 0.15) is 0 Å². The average molecular weight is 134 g/mol. The molecule has 0 rings (SSSR count). The normalized spacial score (nSPS) is 4.00. The molecule has 0 aliphatic heterocycles. The molecule has 6 heteroatoms. The minimum Gasteiger partial charge on any atom is -2.00 e. The van der Waals surface area contributed by atoms with Crippen molar-refractivity contribution < 1.29 is 27.6 Å². The maximum absolute atomic E-state index is 8.25. The number of nitrogens with zero attached hydrogens (tertiary/aromatic N) is 1. The van der Waals surface area contributed by atoms with Crippen LogP contribution in [0.25, 0.3) is 0 Å². The second-order valence-corrected chi connectivity index (χ2v) is 0.224. The fourth-order valence-electron chi connectivity index (χ4n) is 0. The van der Waals surface area contributed by atoms with Gasteiger partial charge in [-0.3, -0.25) is 0 Å². The molecular formula is FeNO4. The Morgan fingerprint density at radius 2 is 1.33 bits per heavy atom. The first kappa shape index (κ1) is 17.3. The summed E-state index contributed by atoms with van der Waals surface area (Å²) in [5, 5.41) is 14.8. The van der Waals surface area contributed by atoms with E-state index in [1.165, 1.54) is 0 Å². The molecule has 0 aromatic carbocycles. The summed E-state index contributed by atoms with van der Waals surface area (Å²) < 4.78 is 0. The second kappa shape index (κ2) is 8.82. The Labute approximate surface area is 43.9 Å². The van der Waals surface area contributed by atoms with E-state index in [-0.39, 0.29) is 22.5 Å². The van der Waals surface area contributed by atoms with Gasteiger partial charge in [0.15, 0.2) is 0 Å². The Bertz CT molecular complexity index is 30.5. The average Bonchev–Trinajstić information content (AvgIpc) is 0.811. The van der Waals surface area contributed by atoms with Crippen molar-refractivity contribution in [2.75, 3.05) is 0 Å². The van der Waals surface area contributed by atoms with Gasteiger partial charge in [0, 0.05) is 0 Å². The molecule has 6 heavy (non-hydrogen) atoms. The van der Waals surface area contributed by atoms with E-state index in [0.29, 0.717) is 0 Å². The fraction of sp³-hybridized carbons (Fsp3) is 0. The van der Waals surface area contributed by atoms with Crippen molar-refractivity contribution in [2.24, 2.45) is 0 Å². The molecule has 0 amide bonds.